The van der Waals surface area contributed by atoms with Crippen molar-refractivity contribution in [2.45, 2.75) is 37.3 Å². The second-order valence-electron chi connectivity index (χ2n) is 5.25. The molecule has 2 N–H and O–H groups in total. The average molecular weight is 290 g/mol. The maximum Gasteiger partial charge on any atom is 0.0783 e. The van der Waals surface area contributed by atoms with Gasteiger partial charge in [0, 0.05) is 22.0 Å². The molecule has 0 aliphatic heterocycles. The molecule has 0 amide bonds. The number of aliphatic hydroxyl groups is 1. The molecule has 1 rings (SSSR count). The van der Waals surface area contributed by atoms with Gasteiger partial charge in [-0.1, -0.05) is 17.7 Å². The molecule has 3 nitrogen and oxygen atoms in total. The minimum absolute atomic E-state index is 0.0570. The van der Waals surface area contributed by atoms with Crippen LogP contribution in [-0.4, -0.2) is 33.3 Å². The zero-order valence-electron chi connectivity index (χ0n) is 10.9. The van der Waals surface area contributed by atoms with Crippen molar-refractivity contribution in [2.24, 2.45) is 0 Å². The van der Waals surface area contributed by atoms with E-state index in [9.17, 15) is 9.32 Å². The summed E-state index contributed by atoms with van der Waals surface area (Å²) in [4.78, 5) is 0.650. The summed E-state index contributed by atoms with van der Waals surface area (Å²) in [7, 11) is -1.23. The number of halogens is 1. The molecule has 0 bridgehead atoms. The zero-order chi connectivity index (χ0) is 13.8. The molecule has 0 spiro atoms. The van der Waals surface area contributed by atoms with Gasteiger partial charge >= 0.3 is 0 Å². The highest BCUT2D eigenvalue weighted by molar-refractivity contribution is 7.85. The van der Waals surface area contributed by atoms with Crippen LogP contribution >= 0.6 is 11.6 Å². The van der Waals surface area contributed by atoms with Gasteiger partial charge in [0.15, 0.2) is 0 Å². The number of benzene rings is 1. The van der Waals surface area contributed by atoms with Crippen LogP contribution in [0.15, 0.2) is 29.2 Å². The lowest BCUT2D eigenvalue weighted by Gasteiger charge is -2.22. The Morgan fingerprint density at radius 3 is 2.67 bits per heavy atom. The highest BCUT2D eigenvalue weighted by atomic mass is 35.5. The summed E-state index contributed by atoms with van der Waals surface area (Å²) in [6.07, 6.45) is -0.635. The number of hydrogen-bond donors (Lipinski definition) is 2. The summed E-state index contributed by atoms with van der Waals surface area (Å²) in [6, 6.07) is 6.92. The minimum Gasteiger partial charge on any atom is -0.391 e. The van der Waals surface area contributed by atoms with Crippen molar-refractivity contribution in [1.82, 2.24) is 5.32 Å². The summed E-state index contributed by atoms with van der Waals surface area (Å²) in [6.45, 7) is 6.49. The molecule has 2 unspecified atom stereocenters. The van der Waals surface area contributed by atoms with E-state index in [0.717, 1.165) is 0 Å². The van der Waals surface area contributed by atoms with Crippen molar-refractivity contribution in [3.63, 3.8) is 0 Å². The van der Waals surface area contributed by atoms with Gasteiger partial charge < -0.3 is 10.4 Å². The van der Waals surface area contributed by atoms with Crippen LogP contribution in [0.2, 0.25) is 5.02 Å². The van der Waals surface area contributed by atoms with E-state index in [1.165, 1.54) is 0 Å². The molecule has 0 heterocycles. The first-order valence-electron chi connectivity index (χ1n) is 5.85. The number of β-amino-alcohol motifs (C(OH)–C–C–N with tert-alkyl or cyclic N) is 1. The fourth-order valence-corrected chi connectivity index (χ4v) is 2.77. The van der Waals surface area contributed by atoms with Crippen molar-refractivity contribution >= 4 is 22.4 Å². The van der Waals surface area contributed by atoms with Crippen molar-refractivity contribution in [1.29, 1.82) is 0 Å². The van der Waals surface area contributed by atoms with E-state index in [4.69, 9.17) is 11.6 Å². The molecule has 0 fully saturated rings. The van der Waals surface area contributed by atoms with Gasteiger partial charge in [0.2, 0.25) is 0 Å². The lowest BCUT2D eigenvalue weighted by molar-refractivity contribution is 0.182. The van der Waals surface area contributed by atoms with E-state index in [-0.39, 0.29) is 11.3 Å². The number of nitrogens with one attached hydrogen (secondary N) is 1. The van der Waals surface area contributed by atoms with E-state index in [2.05, 4.69) is 5.32 Å². The van der Waals surface area contributed by atoms with Crippen molar-refractivity contribution in [3.05, 3.63) is 29.3 Å². The fourth-order valence-electron chi connectivity index (χ4n) is 1.36. The second kappa shape index (κ2) is 6.66. The summed E-state index contributed by atoms with van der Waals surface area (Å²) < 4.78 is 12.0. The zero-order valence-corrected chi connectivity index (χ0v) is 12.5. The first-order valence-corrected chi connectivity index (χ1v) is 7.54. The van der Waals surface area contributed by atoms with E-state index in [0.29, 0.717) is 16.5 Å². The molecule has 1 aromatic rings. The second-order valence-corrected chi connectivity index (χ2v) is 7.19. The van der Waals surface area contributed by atoms with Crippen LogP contribution in [0.3, 0.4) is 0 Å². The van der Waals surface area contributed by atoms with Gasteiger partial charge in [-0.2, -0.15) is 0 Å². The Hall–Kier alpha value is -0.420. The first kappa shape index (κ1) is 15.6. The third kappa shape index (κ3) is 5.96. The Morgan fingerprint density at radius 1 is 1.44 bits per heavy atom. The molecule has 18 heavy (non-hydrogen) atoms. The van der Waals surface area contributed by atoms with Crippen LogP contribution in [0.5, 0.6) is 0 Å². The normalized spacial score (nSPS) is 15.4. The van der Waals surface area contributed by atoms with Crippen molar-refractivity contribution in [3.8, 4) is 0 Å². The van der Waals surface area contributed by atoms with Crippen LogP contribution in [0.1, 0.15) is 20.8 Å². The topological polar surface area (TPSA) is 49.3 Å². The largest absolute Gasteiger partial charge is 0.391 e. The molecule has 0 aliphatic carbocycles. The molecule has 1 aromatic carbocycles. The Balaban J connectivity index is 2.50. The predicted molar refractivity (Wildman–Crippen MR) is 76.5 cm³/mol. The van der Waals surface area contributed by atoms with Crippen LogP contribution < -0.4 is 5.32 Å². The molecule has 0 radical (unpaired) electrons. The van der Waals surface area contributed by atoms with Gasteiger partial charge in [0.05, 0.1) is 22.7 Å². The van der Waals surface area contributed by atoms with Crippen LogP contribution in [0.25, 0.3) is 0 Å². The van der Waals surface area contributed by atoms with Crippen LogP contribution in [0.4, 0.5) is 0 Å². The summed E-state index contributed by atoms with van der Waals surface area (Å²) in [5.74, 6) is 0.212. The lowest BCUT2D eigenvalue weighted by atomic mass is 10.1. The maximum atomic E-state index is 12.0. The Labute approximate surface area is 116 Å². The average Bonchev–Trinajstić information content (AvgIpc) is 2.25. The standard InChI is InChI=1S/C13H20ClNO2S/c1-13(2,3)15-8-11(16)9-18(17)12-6-4-5-10(14)7-12/h4-7,11,15-16H,8-9H2,1-3H3. The molecule has 0 saturated heterocycles. The molecule has 0 aliphatic rings. The Morgan fingerprint density at radius 2 is 2.11 bits per heavy atom. The predicted octanol–water partition coefficient (Wildman–Crippen LogP) is 2.20. The van der Waals surface area contributed by atoms with Gasteiger partial charge in [-0.05, 0) is 39.0 Å². The van der Waals surface area contributed by atoms with Gasteiger partial charge in [0.1, 0.15) is 0 Å². The van der Waals surface area contributed by atoms with Crippen molar-refractivity contribution in [2.75, 3.05) is 12.3 Å². The first-order chi connectivity index (χ1) is 8.28. The molecular weight excluding hydrogens is 270 g/mol. The third-order valence-electron chi connectivity index (χ3n) is 2.27. The Kier molecular flexibility index (Phi) is 5.79. The molecule has 0 aromatic heterocycles. The van der Waals surface area contributed by atoms with E-state index >= 15 is 0 Å². The van der Waals surface area contributed by atoms with Gasteiger partial charge in [-0.3, -0.25) is 4.21 Å². The highest BCUT2D eigenvalue weighted by Gasteiger charge is 2.15. The molecule has 2 atom stereocenters. The quantitative estimate of drug-likeness (QED) is 0.874. The van der Waals surface area contributed by atoms with Crippen molar-refractivity contribution < 1.29 is 9.32 Å². The SMILES string of the molecule is CC(C)(C)NCC(O)CS(=O)c1cccc(Cl)c1. The van der Waals surface area contributed by atoms with Gasteiger partial charge in [-0.25, -0.2) is 0 Å². The molecular formula is C13H20ClNO2S. The summed E-state index contributed by atoms with van der Waals surface area (Å²) >= 11 is 5.84. The van der Waals surface area contributed by atoms with E-state index in [1.54, 1.807) is 24.3 Å². The molecule has 0 saturated carbocycles. The number of rotatable bonds is 5. The fraction of sp³-hybridized carbons (Fsp3) is 0.538. The monoisotopic (exact) mass is 289 g/mol. The molecule has 5 heteroatoms. The van der Waals surface area contributed by atoms with E-state index < -0.39 is 16.9 Å². The van der Waals surface area contributed by atoms with Crippen LogP contribution in [0, 0.1) is 0 Å². The van der Waals surface area contributed by atoms with Gasteiger partial charge in [-0.15, -0.1) is 0 Å². The third-order valence-corrected chi connectivity index (χ3v) is 3.97. The van der Waals surface area contributed by atoms with Gasteiger partial charge in [0.25, 0.3) is 0 Å². The van der Waals surface area contributed by atoms with Crippen LogP contribution in [-0.2, 0) is 10.8 Å². The number of aliphatic hydroxyl groups excluding tert-OH is 1. The Bertz CT molecular complexity index is 418. The summed E-state index contributed by atoms with van der Waals surface area (Å²) in [5.41, 5.74) is -0.0570. The smallest absolute Gasteiger partial charge is 0.0783 e. The maximum absolute atomic E-state index is 12.0. The highest BCUT2D eigenvalue weighted by Crippen LogP contribution is 2.14. The summed E-state index contributed by atoms with van der Waals surface area (Å²) in [5, 5.41) is 13.6. The van der Waals surface area contributed by atoms with E-state index in [1.807, 2.05) is 20.8 Å². The molecule has 102 valence electrons. The number of hydrogen-bond acceptors (Lipinski definition) is 3. The lowest BCUT2D eigenvalue weighted by Crippen LogP contribution is -2.42. The minimum atomic E-state index is -1.23.